The maximum absolute atomic E-state index is 11.1. The van der Waals surface area contributed by atoms with Crippen molar-refractivity contribution in [2.24, 2.45) is 0 Å². The van der Waals surface area contributed by atoms with Crippen LogP contribution in [-0.4, -0.2) is 17.8 Å². The summed E-state index contributed by atoms with van der Waals surface area (Å²) in [5, 5.41) is 2.36. The van der Waals surface area contributed by atoms with Gasteiger partial charge in [0, 0.05) is 6.54 Å². The fraction of sp³-hybridized carbons (Fsp3) is 0.889. The van der Waals surface area contributed by atoms with Crippen LogP contribution >= 0.6 is 11.6 Å². The number of halogens is 1. The minimum absolute atomic E-state index is 0.0322. The smallest absolute Gasteiger partial charge is 0.238 e. The molecule has 0 saturated heterocycles. The largest absolute Gasteiger partial charge is 0.355 e. The molecular weight excluding hydrogens is 174 g/mol. The van der Waals surface area contributed by atoms with E-state index in [-0.39, 0.29) is 11.3 Å². The highest BCUT2D eigenvalue weighted by molar-refractivity contribution is 6.30. The molecule has 0 radical (unpaired) electrons. The molecule has 0 fully saturated rings. The van der Waals surface area contributed by atoms with Crippen molar-refractivity contribution in [1.29, 1.82) is 0 Å². The molecule has 1 unspecified atom stereocenters. The summed E-state index contributed by atoms with van der Waals surface area (Å²) < 4.78 is 0. The van der Waals surface area contributed by atoms with E-state index < -0.39 is 0 Å². The number of unbranched alkanes of at least 4 members (excludes halogenated alkanes) is 2. The van der Waals surface area contributed by atoms with Gasteiger partial charge in [-0.2, -0.15) is 0 Å². The zero-order valence-corrected chi connectivity index (χ0v) is 8.66. The van der Waals surface area contributed by atoms with E-state index >= 15 is 0 Å². The zero-order valence-electron chi connectivity index (χ0n) is 7.90. The first-order valence-corrected chi connectivity index (χ1v) is 5.07. The Kier molecular flexibility index (Phi) is 7.26. The van der Waals surface area contributed by atoms with Gasteiger partial charge in [-0.1, -0.05) is 26.2 Å². The predicted molar refractivity (Wildman–Crippen MR) is 52.5 cm³/mol. The summed E-state index contributed by atoms with van der Waals surface area (Å²) in [4.78, 5) is 11.1. The molecule has 12 heavy (non-hydrogen) atoms. The lowest BCUT2D eigenvalue weighted by Gasteiger charge is -2.07. The highest BCUT2D eigenvalue weighted by Crippen LogP contribution is 2.08. The Morgan fingerprint density at radius 3 is 2.58 bits per heavy atom. The van der Waals surface area contributed by atoms with Crippen molar-refractivity contribution in [3.8, 4) is 0 Å². The maximum Gasteiger partial charge on any atom is 0.238 e. The Labute approximate surface area is 79.7 Å². The lowest BCUT2D eigenvalue weighted by molar-refractivity contribution is -0.120. The molecule has 0 aliphatic rings. The monoisotopic (exact) mass is 191 g/mol. The lowest BCUT2D eigenvalue weighted by atomic mass is 10.1. The molecule has 0 rings (SSSR count). The highest BCUT2D eigenvalue weighted by atomic mass is 35.5. The van der Waals surface area contributed by atoms with Crippen LogP contribution in [0.4, 0.5) is 0 Å². The van der Waals surface area contributed by atoms with Crippen LogP contribution in [0.5, 0.6) is 0 Å². The number of amides is 1. The van der Waals surface area contributed by atoms with Crippen LogP contribution in [-0.2, 0) is 4.79 Å². The molecule has 1 N–H and O–H groups in total. The van der Waals surface area contributed by atoms with Crippen LogP contribution in [0.25, 0.3) is 0 Å². The van der Waals surface area contributed by atoms with E-state index in [0.717, 1.165) is 19.3 Å². The van der Waals surface area contributed by atoms with Gasteiger partial charge in [-0.05, 0) is 13.3 Å². The number of hydrogen-bond acceptors (Lipinski definition) is 1. The summed E-state index contributed by atoms with van der Waals surface area (Å²) >= 11 is 5.83. The minimum atomic E-state index is -0.337. The quantitative estimate of drug-likeness (QED) is 0.507. The maximum atomic E-state index is 11.1. The third-order valence-electron chi connectivity index (χ3n) is 1.70. The Balaban J connectivity index is 3.42. The Hall–Kier alpha value is -0.240. The third kappa shape index (κ3) is 5.42. The summed E-state index contributed by atoms with van der Waals surface area (Å²) in [6.07, 6.45) is 4.16. The zero-order chi connectivity index (χ0) is 9.40. The van der Waals surface area contributed by atoms with Gasteiger partial charge in [0.25, 0.3) is 0 Å². The molecule has 0 aromatic heterocycles. The minimum Gasteiger partial charge on any atom is -0.355 e. The molecule has 0 aliphatic carbocycles. The standard InChI is InChI=1S/C9H18ClNO/c1-3-5-6-7-8(10)9(12)11-4-2/h8H,3-7H2,1-2H3,(H,11,12). The molecule has 72 valence electrons. The van der Waals surface area contributed by atoms with Crippen molar-refractivity contribution in [2.45, 2.75) is 44.9 Å². The van der Waals surface area contributed by atoms with Crippen molar-refractivity contribution in [1.82, 2.24) is 5.32 Å². The summed E-state index contributed by atoms with van der Waals surface area (Å²) in [5.41, 5.74) is 0. The molecule has 1 amide bonds. The number of hydrogen-bond donors (Lipinski definition) is 1. The Morgan fingerprint density at radius 1 is 1.42 bits per heavy atom. The second-order valence-corrected chi connectivity index (χ2v) is 3.38. The van der Waals surface area contributed by atoms with Gasteiger partial charge >= 0.3 is 0 Å². The second kappa shape index (κ2) is 7.41. The van der Waals surface area contributed by atoms with E-state index in [1.165, 1.54) is 6.42 Å². The van der Waals surface area contributed by atoms with Crippen LogP contribution in [0, 0.1) is 0 Å². The Morgan fingerprint density at radius 2 is 2.08 bits per heavy atom. The van der Waals surface area contributed by atoms with Gasteiger partial charge in [-0.25, -0.2) is 0 Å². The van der Waals surface area contributed by atoms with Crippen LogP contribution < -0.4 is 5.32 Å². The second-order valence-electron chi connectivity index (χ2n) is 2.86. The SMILES string of the molecule is CCCCCC(Cl)C(=O)NCC. The van der Waals surface area contributed by atoms with Crippen molar-refractivity contribution >= 4 is 17.5 Å². The highest BCUT2D eigenvalue weighted by Gasteiger charge is 2.12. The average Bonchev–Trinajstić information content (AvgIpc) is 2.05. The molecule has 1 atom stereocenters. The number of rotatable bonds is 6. The van der Waals surface area contributed by atoms with Crippen LogP contribution in [0.3, 0.4) is 0 Å². The van der Waals surface area contributed by atoms with Crippen molar-refractivity contribution in [3.63, 3.8) is 0 Å². The predicted octanol–water partition coefficient (Wildman–Crippen LogP) is 2.31. The summed E-state index contributed by atoms with van der Waals surface area (Å²) in [6, 6.07) is 0. The summed E-state index contributed by atoms with van der Waals surface area (Å²) in [5.74, 6) is -0.0322. The van der Waals surface area contributed by atoms with Crippen molar-refractivity contribution in [2.75, 3.05) is 6.54 Å². The van der Waals surface area contributed by atoms with Crippen LogP contribution in [0.2, 0.25) is 0 Å². The normalized spacial score (nSPS) is 12.6. The van der Waals surface area contributed by atoms with Gasteiger partial charge in [-0.3, -0.25) is 4.79 Å². The average molecular weight is 192 g/mol. The van der Waals surface area contributed by atoms with Crippen molar-refractivity contribution < 1.29 is 4.79 Å². The number of nitrogens with one attached hydrogen (secondary N) is 1. The van der Waals surface area contributed by atoms with Gasteiger partial charge in [0.2, 0.25) is 5.91 Å². The lowest BCUT2D eigenvalue weighted by Crippen LogP contribution is -2.30. The molecule has 3 heteroatoms. The topological polar surface area (TPSA) is 29.1 Å². The number of alkyl halides is 1. The molecule has 2 nitrogen and oxygen atoms in total. The van der Waals surface area contributed by atoms with E-state index in [4.69, 9.17) is 11.6 Å². The molecule has 0 aliphatic heterocycles. The van der Waals surface area contributed by atoms with E-state index in [2.05, 4.69) is 12.2 Å². The van der Waals surface area contributed by atoms with Gasteiger partial charge < -0.3 is 5.32 Å². The van der Waals surface area contributed by atoms with E-state index in [1.54, 1.807) is 0 Å². The van der Waals surface area contributed by atoms with E-state index in [9.17, 15) is 4.79 Å². The third-order valence-corrected chi connectivity index (χ3v) is 2.11. The molecule has 0 saturated carbocycles. The van der Waals surface area contributed by atoms with Gasteiger partial charge in [0.1, 0.15) is 5.38 Å². The fourth-order valence-corrected chi connectivity index (χ4v) is 1.22. The first-order valence-electron chi connectivity index (χ1n) is 4.64. The molecule has 0 bridgehead atoms. The summed E-state index contributed by atoms with van der Waals surface area (Å²) in [7, 11) is 0. The molecule has 0 heterocycles. The van der Waals surface area contributed by atoms with Gasteiger partial charge in [0.05, 0.1) is 0 Å². The van der Waals surface area contributed by atoms with E-state index in [1.807, 2.05) is 6.92 Å². The number of carbonyl (C=O) groups excluding carboxylic acids is 1. The number of carbonyl (C=O) groups is 1. The molecule has 0 aromatic rings. The van der Waals surface area contributed by atoms with E-state index in [0.29, 0.717) is 6.54 Å². The molecular formula is C9H18ClNO. The first-order chi connectivity index (χ1) is 5.72. The fourth-order valence-electron chi connectivity index (χ4n) is 0.990. The molecule has 0 aromatic carbocycles. The van der Waals surface area contributed by atoms with Crippen LogP contribution in [0.15, 0.2) is 0 Å². The molecule has 0 spiro atoms. The Bertz CT molecular complexity index is 128. The first kappa shape index (κ1) is 11.8. The summed E-state index contributed by atoms with van der Waals surface area (Å²) in [6.45, 7) is 4.69. The van der Waals surface area contributed by atoms with Crippen LogP contribution in [0.1, 0.15) is 39.5 Å². The van der Waals surface area contributed by atoms with Crippen molar-refractivity contribution in [3.05, 3.63) is 0 Å². The van der Waals surface area contributed by atoms with Gasteiger partial charge in [0.15, 0.2) is 0 Å². The van der Waals surface area contributed by atoms with Gasteiger partial charge in [-0.15, -0.1) is 11.6 Å².